The highest BCUT2D eigenvalue weighted by Gasteiger charge is 2.13. The Hall–Kier alpha value is -3.61. The second-order valence-electron chi connectivity index (χ2n) is 6.69. The van der Waals surface area contributed by atoms with Crippen molar-refractivity contribution in [2.45, 2.75) is 20.8 Å². The van der Waals surface area contributed by atoms with Gasteiger partial charge in [-0.2, -0.15) is 0 Å². The van der Waals surface area contributed by atoms with Gasteiger partial charge >= 0.3 is 0 Å². The van der Waals surface area contributed by atoms with Gasteiger partial charge in [0.05, 0.1) is 14.2 Å². The molecule has 7 heteroatoms. The summed E-state index contributed by atoms with van der Waals surface area (Å²) in [6.45, 7) is 5.75. The van der Waals surface area contributed by atoms with Crippen LogP contribution < -0.4 is 20.1 Å². The van der Waals surface area contributed by atoms with Crippen molar-refractivity contribution >= 4 is 23.2 Å². The number of nitrogens with zero attached hydrogens (tertiary/aromatic N) is 2. The van der Waals surface area contributed by atoms with Gasteiger partial charge in [-0.05, 0) is 56.2 Å². The number of hydrogen-bond acceptors (Lipinski definition) is 6. The molecule has 0 spiro atoms. The molecule has 150 valence electrons. The molecule has 1 heterocycles. The third kappa shape index (κ3) is 4.82. The van der Waals surface area contributed by atoms with Gasteiger partial charge in [0.15, 0.2) is 11.5 Å². The molecular weight excluding hydrogens is 368 g/mol. The van der Waals surface area contributed by atoms with Gasteiger partial charge < -0.3 is 20.1 Å². The summed E-state index contributed by atoms with van der Waals surface area (Å²) in [4.78, 5) is 21.5. The lowest BCUT2D eigenvalue weighted by Crippen LogP contribution is -2.16. The van der Waals surface area contributed by atoms with Crippen LogP contribution in [-0.2, 0) is 0 Å². The van der Waals surface area contributed by atoms with E-state index < -0.39 is 0 Å². The standard InChI is InChI=1S/C22H24N4O3/c1-13-6-7-14(2)17(10-13)25-21(27)18-11-15(3)23-22(26-18)24-16-8-9-19(28-4)20(12-16)29-5/h6-12H,1-5H3,(H,25,27)(H,23,24,26). The zero-order valence-electron chi connectivity index (χ0n) is 17.2. The maximum atomic E-state index is 12.8. The Labute approximate surface area is 170 Å². The molecule has 2 aromatic carbocycles. The van der Waals surface area contributed by atoms with Crippen LogP contribution >= 0.6 is 0 Å². The summed E-state index contributed by atoms with van der Waals surface area (Å²) in [7, 11) is 3.15. The van der Waals surface area contributed by atoms with E-state index in [1.807, 2.05) is 45.0 Å². The molecule has 0 aliphatic rings. The van der Waals surface area contributed by atoms with Crippen LogP contribution in [0.2, 0.25) is 0 Å². The van der Waals surface area contributed by atoms with Crippen molar-refractivity contribution in [1.82, 2.24) is 9.97 Å². The van der Waals surface area contributed by atoms with Crippen LogP contribution in [0.1, 0.15) is 27.3 Å². The van der Waals surface area contributed by atoms with Crippen LogP contribution in [0.15, 0.2) is 42.5 Å². The van der Waals surface area contributed by atoms with Gasteiger partial charge in [-0.3, -0.25) is 4.79 Å². The van der Waals surface area contributed by atoms with Gasteiger partial charge in [-0.15, -0.1) is 0 Å². The first-order chi connectivity index (χ1) is 13.9. The maximum absolute atomic E-state index is 12.8. The Kier molecular flexibility index (Phi) is 5.97. The van der Waals surface area contributed by atoms with Crippen LogP contribution in [0.4, 0.5) is 17.3 Å². The second kappa shape index (κ2) is 8.60. The number of ether oxygens (including phenoxy) is 2. The van der Waals surface area contributed by atoms with Gasteiger partial charge in [-0.1, -0.05) is 12.1 Å². The molecule has 0 unspecified atom stereocenters. The molecule has 0 fully saturated rings. The van der Waals surface area contributed by atoms with Crippen molar-refractivity contribution in [3.8, 4) is 11.5 Å². The number of nitrogens with one attached hydrogen (secondary N) is 2. The first-order valence-corrected chi connectivity index (χ1v) is 9.13. The number of benzene rings is 2. The number of carbonyl (C=O) groups excluding carboxylic acids is 1. The summed E-state index contributed by atoms with van der Waals surface area (Å²) < 4.78 is 10.6. The Morgan fingerprint density at radius 3 is 2.38 bits per heavy atom. The highest BCUT2D eigenvalue weighted by atomic mass is 16.5. The molecule has 1 aromatic heterocycles. The zero-order valence-corrected chi connectivity index (χ0v) is 17.2. The van der Waals surface area contributed by atoms with Gasteiger partial charge in [0.2, 0.25) is 5.95 Å². The predicted octanol–water partition coefficient (Wildman–Crippen LogP) is 4.41. The summed E-state index contributed by atoms with van der Waals surface area (Å²) in [6, 6.07) is 12.9. The molecular formula is C22H24N4O3. The van der Waals surface area contributed by atoms with Crippen LogP contribution in [0, 0.1) is 20.8 Å². The van der Waals surface area contributed by atoms with Crippen LogP contribution in [0.25, 0.3) is 0 Å². The van der Waals surface area contributed by atoms with Gasteiger partial charge in [0.25, 0.3) is 5.91 Å². The minimum atomic E-state index is -0.292. The van der Waals surface area contributed by atoms with Crippen LogP contribution in [-0.4, -0.2) is 30.1 Å². The fourth-order valence-corrected chi connectivity index (χ4v) is 2.84. The van der Waals surface area contributed by atoms with E-state index in [-0.39, 0.29) is 11.6 Å². The number of aryl methyl sites for hydroxylation is 3. The van der Waals surface area contributed by atoms with Crippen molar-refractivity contribution in [2.75, 3.05) is 24.9 Å². The van der Waals surface area contributed by atoms with E-state index in [0.717, 1.165) is 16.8 Å². The molecule has 0 bridgehead atoms. The minimum Gasteiger partial charge on any atom is -0.493 e. The first-order valence-electron chi connectivity index (χ1n) is 9.13. The number of anilines is 3. The van der Waals surface area contributed by atoms with Crippen molar-refractivity contribution in [3.63, 3.8) is 0 Å². The summed E-state index contributed by atoms with van der Waals surface area (Å²) in [6.07, 6.45) is 0. The van der Waals surface area contributed by atoms with E-state index in [1.54, 1.807) is 32.4 Å². The molecule has 0 saturated carbocycles. The van der Waals surface area contributed by atoms with E-state index in [9.17, 15) is 4.79 Å². The number of amides is 1. The monoisotopic (exact) mass is 392 g/mol. The van der Waals surface area contributed by atoms with E-state index in [0.29, 0.717) is 28.8 Å². The summed E-state index contributed by atoms with van der Waals surface area (Å²) in [5.41, 5.74) is 4.49. The molecule has 0 aliphatic heterocycles. The zero-order chi connectivity index (χ0) is 21.0. The van der Waals surface area contributed by atoms with Crippen LogP contribution in [0.5, 0.6) is 11.5 Å². The number of carbonyl (C=O) groups is 1. The molecule has 29 heavy (non-hydrogen) atoms. The van der Waals surface area contributed by atoms with Gasteiger partial charge in [0, 0.05) is 23.1 Å². The van der Waals surface area contributed by atoms with E-state index >= 15 is 0 Å². The lowest BCUT2D eigenvalue weighted by atomic mass is 10.1. The normalized spacial score (nSPS) is 10.4. The van der Waals surface area contributed by atoms with E-state index in [1.165, 1.54) is 0 Å². The van der Waals surface area contributed by atoms with Gasteiger partial charge in [-0.25, -0.2) is 9.97 Å². The molecule has 0 atom stereocenters. The summed E-state index contributed by atoms with van der Waals surface area (Å²) in [5, 5.41) is 6.04. The Bertz CT molecular complexity index is 1050. The van der Waals surface area contributed by atoms with Crippen molar-refractivity contribution in [3.05, 3.63) is 65.0 Å². The lowest BCUT2D eigenvalue weighted by Gasteiger charge is -2.12. The average molecular weight is 392 g/mol. The fraction of sp³-hybridized carbons (Fsp3) is 0.227. The smallest absolute Gasteiger partial charge is 0.274 e. The summed E-state index contributed by atoms with van der Waals surface area (Å²) >= 11 is 0. The third-order valence-electron chi connectivity index (χ3n) is 4.37. The molecule has 0 saturated heterocycles. The molecule has 1 amide bonds. The maximum Gasteiger partial charge on any atom is 0.274 e. The molecule has 0 aliphatic carbocycles. The Morgan fingerprint density at radius 1 is 0.897 bits per heavy atom. The summed E-state index contributed by atoms with van der Waals surface area (Å²) in [5.74, 6) is 1.23. The van der Waals surface area contributed by atoms with Crippen molar-refractivity contribution in [2.24, 2.45) is 0 Å². The van der Waals surface area contributed by atoms with Crippen molar-refractivity contribution in [1.29, 1.82) is 0 Å². The van der Waals surface area contributed by atoms with E-state index in [4.69, 9.17) is 9.47 Å². The first kappa shape index (κ1) is 20.1. The van der Waals surface area contributed by atoms with E-state index in [2.05, 4.69) is 20.6 Å². The largest absolute Gasteiger partial charge is 0.493 e. The molecule has 3 rings (SSSR count). The van der Waals surface area contributed by atoms with Gasteiger partial charge in [0.1, 0.15) is 5.69 Å². The molecule has 3 aromatic rings. The average Bonchev–Trinajstić information content (AvgIpc) is 2.70. The number of methoxy groups -OCH3 is 2. The highest BCUT2D eigenvalue weighted by molar-refractivity contribution is 6.03. The quantitative estimate of drug-likeness (QED) is 0.646. The van der Waals surface area contributed by atoms with Crippen molar-refractivity contribution < 1.29 is 14.3 Å². The third-order valence-corrected chi connectivity index (χ3v) is 4.37. The number of rotatable bonds is 6. The molecule has 2 N–H and O–H groups in total. The molecule has 0 radical (unpaired) electrons. The Balaban J connectivity index is 1.84. The number of aromatic nitrogens is 2. The SMILES string of the molecule is COc1ccc(Nc2nc(C)cc(C(=O)Nc3cc(C)ccc3C)n2)cc1OC. The lowest BCUT2D eigenvalue weighted by molar-refractivity contribution is 0.102. The topological polar surface area (TPSA) is 85.4 Å². The predicted molar refractivity (Wildman–Crippen MR) is 113 cm³/mol. The second-order valence-corrected chi connectivity index (χ2v) is 6.69. The Morgan fingerprint density at radius 2 is 1.66 bits per heavy atom. The highest BCUT2D eigenvalue weighted by Crippen LogP contribution is 2.30. The number of hydrogen-bond donors (Lipinski definition) is 2. The fourth-order valence-electron chi connectivity index (χ4n) is 2.84. The minimum absolute atomic E-state index is 0.279. The molecule has 7 nitrogen and oxygen atoms in total. The van der Waals surface area contributed by atoms with Crippen LogP contribution in [0.3, 0.4) is 0 Å².